The molecule has 0 aliphatic carbocycles. The molecular formula is C22H18N2O2S. The van der Waals surface area contributed by atoms with E-state index in [2.05, 4.69) is 4.98 Å². The lowest BCUT2D eigenvalue weighted by molar-refractivity contribution is 0.588. The predicted octanol–water partition coefficient (Wildman–Crippen LogP) is 4.76. The fraction of sp³-hybridized carbons (Fsp3) is 0.0455. The molecule has 2 aromatic carbocycles. The van der Waals surface area contributed by atoms with Crippen molar-refractivity contribution in [1.82, 2.24) is 8.96 Å². The van der Waals surface area contributed by atoms with Gasteiger partial charge in [-0.15, -0.1) is 0 Å². The van der Waals surface area contributed by atoms with Crippen molar-refractivity contribution >= 4 is 10.0 Å². The van der Waals surface area contributed by atoms with E-state index in [1.807, 2.05) is 55.5 Å². The first-order chi connectivity index (χ1) is 13.1. The molecule has 0 atom stereocenters. The summed E-state index contributed by atoms with van der Waals surface area (Å²) in [5.74, 6) is 0. The first-order valence-electron chi connectivity index (χ1n) is 8.58. The summed E-state index contributed by atoms with van der Waals surface area (Å²) in [4.78, 5) is 4.94. The predicted molar refractivity (Wildman–Crippen MR) is 107 cm³/mol. The molecule has 0 N–H and O–H groups in total. The van der Waals surface area contributed by atoms with Crippen LogP contribution >= 0.6 is 0 Å². The molecule has 0 amide bonds. The van der Waals surface area contributed by atoms with Gasteiger partial charge >= 0.3 is 0 Å². The lowest BCUT2D eigenvalue weighted by Crippen LogP contribution is -2.13. The molecule has 0 fully saturated rings. The van der Waals surface area contributed by atoms with E-state index < -0.39 is 10.0 Å². The topological polar surface area (TPSA) is 52.0 Å². The SMILES string of the molecule is Cc1ccc(S(=O)(=O)n2cccc2-c2cccc(-c3ccccc3)n2)cc1. The van der Waals surface area contributed by atoms with E-state index in [1.165, 1.54) is 3.97 Å². The Kier molecular flexibility index (Phi) is 4.38. The Morgan fingerprint density at radius 3 is 2.19 bits per heavy atom. The van der Waals surface area contributed by atoms with Gasteiger partial charge in [0, 0.05) is 11.8 Å². The second kappa shape index (κ2) is 6.85. The minimum atomic E-state index is -3.69. The Hall–Kier alpha value is -3.18. The summed E-state index contributed by atoms with van der Waals surface area (Å²) < 4.78 is 27.5. The van der Waals surface area contributed by atoms with Crippen LogP contribution in [-0.2, 0) is 10.0 Å². The summed E-state index contributed by atoms with van der Waals surface area (Å²) in [5, 5.41) is 0. The van der Waals surface area contributed by atoms with Crippen molar-refractivity contribution < 1.29 is 8.42 Å². The van der Waals surface area contributed by atoms with Gasteiger partial charge in [-0.05, 0) is 43.3 Å². The molecule has 4 rings (SSSR count). The van der Waals surface area contributed by atoms with Crippen LogP contribution in [0.4, 0.5) is 0 Å². The quantitative estimate of drug-likeness (QED) is 0.517. The van der Waals surface area contributed by atoms with Crippen LogP contribution in [0.1, 0.15) is 5.56 Å². The average Bonchev–Trinajstić information content (AvgIpc) is 3.20. The van der Waals surface area contributed by atoms with Gasteiger partial charge in [0.25, 0.3) is 10.0 Å². The Balaban J connectivity index is 1.80. The van der Waals surface area contributed by atoms with Gasteiger partial charge in [-0.2, -0.15) is 0 Å². The fourth-order valence-corrected chi connectivity index (χ4v) is 4.30. The minimum absolute atomic E-state index is 0.254. The van der Waals surface area contributed by atoms with Crippen molar-refractivity contribution in [3.63, 3.8) is 0 Å². The van der Waals surface area contributed by atoms with E-state index in [4.69, 9.17) is 0 Å². The summed E-state index contributed by atoms with van der Waals surface area (Å²) in [5.41, 5.74) is 3.94. The van der Waals surface area contributed by atoms with Crippen molar-refractivity contribution in [2.75, 3.05) is 0 Å². The van der Waals surface area contributed by atoms with Crippen molar-refractivity contribution in [3.8, 4) is 22.6 Å². The van der Waals surface area contributed by atoms with E-state index in [-0.39, 0.29) is 4.90 Å². The van der Waals surface area contributed by atoms with E-state index in [0.717, 1.165) is 16.8 Å². The van der Waals surface area contributed by atoms with E-state index >= 15 is 0 Å². The highest BCUT2D eigenvalue weighted by atomic mass is 32.2. The number of hydrogen-bond acceptors (Lipinski definition) is 3. The summed E-state index contributed by atoms with van der Waals surface area (Å²) in [6.07, 6.45) is 1.56. The van der Waals surface area contributed by atoms with Crippen molar-refractivity contribution in [2.45, 2.75) is 11.8 Å². The van der Waals surface area contributed by atoms with E-state index in [0.29, 0.717) is 11.4 Å². The van der Waals surface area contributed by atoms with Crippen LogP contribution in [0.3, 0.4) is 0 Å². The van der Waals surface area contributed by atoms with Crippen molar-refractivity contribution in [1.29, 1.82) is 0 Å². The molecule has 27 heavy (non-hydrogen) atoms. The van der Waals surface area contributed by atoms with Crippen LogP contribution in [0.2, 0.25) is 0 Å². The molecule has 0 saturated carbocycles. The third-order valence-corrected chi connectivity index (χ3v) is 6.08. The van der Waals surface area contributed by atoms with Crippen LogP contribution in [-0.4, -0.2) is 17.4 Å². The zero-order chi connectivity index (χ0) is 18.9. The third kappa shape index (κ3) is 3.29. The Morgan fingerprint density at radius 2 is 1.44 bits per heavy atom. The van der Waals surface area contributed by atoms with E-state index in [1.54, 1.807) is 42.6 Å². The molecule has 0 saturated heterocycles. The zero-order valence-corrected chi connectivity index (χ0v) is 15.6. The minimum Gasteiger partial charge on any atom is -0.246 e. The third-order valence-electron chi connectivity index (χ3n) is 4.37. The first-order valence-corrected chi connectivity index (χ1v) is 10.0. The summed E-state index contributed by atoms with van der Waals surface area (Å²) in [6.45, 7) is 1.93. The number of pyridine rings is 1. The number of benzene rings is 2. The van der Waals surface area contributed by atoms with Crippen LogP contribution in [0.5, 0.6) is 0 Å². The monoisotopic (exact) mass is 374 g/mol. The van der Waals surface area contributed by atoms with Crippen LogP contribution in [0, 0.1) is 6.92 Å². The number of hydrogen-bond donors (Lipinski definition) is 0. The number of aryl methyl sites for hydroxylation is 1. The number of nitrogens with zero attached hydrogens (tertiary/aromatic N) is 2. The maximum atomic E-state index is 13.1. The highest BCUT2D eigenvalue weighted by molar-refractivity contribution is 7.90. The highest BCUT2D eigenvalue weighted by Crippen LogP contribution is 2.26. The second-order valence-corrected chi connectivity index (χ2v) is 8.10. The fourth-order valence-electron chi connectivity index (χ4n) is 2.94. The van der Waals surface area contributed by atoms with Gasteiger partial charge in [-0.1, -0.05) is 54.1 Å². The molecule has 0 spiro atoms. The van der Waals surface area contributed by atoms with Crippen LogP contribution in [0.15, 0.2) is 96.0 Å². The molecule has 0 aliphatic heterocycles. The van der Waals surface area contributed by atoms with Gasteiger partial charge in [-0.25, -0.2) is 17.4 Å². The normalized spacial score (nSPS) is 11.4. The Bertz CT molecular complexity index is 1180. The molecule has 0 bridgehead atoms. The summed E-state index contributed by atoms with van der Waals surface area (Å²) in [7, 11) is -3.69. The van der Waals surface area contributed by atoms with Crippen LogP contribution in [0.25, 0.3) is 22.6 Å². The van der Waals surface area contributed by atoms with Gasteiger partial charge in [0.05, 0.1) is 22.0 Å². The molecule has 4 nitrogen and oxygen atoms in total. The molecule has 2 heterocycles. The largest absolute Gasteiger partial charge is 0.268 e. The Labute approximate surface area is 158 Å². The molecule has 0 aliphatic rings. The first kappa shape index (κ1) is 17.2. The lowest BCUT2D eigenvalue weighted by atomic mass is 10.1. The average molecular weight is 374 g/mol. The zero-order valence-electron chi connectivity index (χ0n) is 14.8. The summed E-state index contributed by atoms with van der Waals surface area (Å²) in [6, 6.07) is 25.8. The van der Waals surface area contributed by atoms with Gasteiger partial charge in [0.1, 0.15) is 0 Å². The Morgan fingerprint density at radius 1 is 0.741 bits per heavy atom. The van der Waals surface area contributed by atoms with Gasteiger partial charge < -0.3 is 0 Å². The number of rotatable bonds is 4. The van der Waals surface area contributed by atoms with Gasteiger partial charge in [0.15, 0.2) is 0 Å². The lowest BCUT2D eigenvalue weighted by Gasteiger charge is -2.11. The maximum absolute atomic E-state index is 13.1. The molecule has 2 aromatic heterocycles. The van der Waals surface area contributed by atoms with E-state index in [9.17, 15) is 8.42 Å². The van der Waals surface area contributed by atoms with Gasteiger partial charge in [0.2, 0.25) is 0 Å². The number of aromatic nitrogens is 2. The van der Waals surface area contributed by atoms with Crippen molar-refractivity contribution in [3.05, 3.63) is 96.7 Å². The van der Waals surface area contributed by atoms with Crippen LogP contribution < -0.4 is 0 Å². The second-order valence-electron chi connectivity index (χ2n) is 6.28. The molecule has 4 aromatic rings. The van der Waals surface area contributed by atoms with Crippen molar-refractivity contribution in [2.24, 2.45) is 0 Å². The standard InChI is InChI=1S/C22H18N2O2S/c1-17-12-14-19(15-13-17)27(25,26)24-16-6-11-22(24)21-10-5-9-20(23-21)18-7-3-2-4-8-18/h2-16H,1H3. The summed E-state index contributed by atoms with van der Waals surface area (Å²) >= 11 is 0. The molecule has 0 unspecified atom stereocenters. The van der Waals surface area contributed by atoms with Gasteiger partial charge in [-0.3, -0.25) is 0 Å². The smallest absolute Gasteiger partial charge is 0.246 e. The molecule has 0 radical (unpaired) electrons. The molecular weight excluding hydrogens is 356 g/mol. The highest BCUT2D eigenvalue weighted by Gasteiger charge is 2.20. The molecule has 5 heteroatoms. The maximum Gasteiger partial charge on any atom is 0.268 e. The molecule has 134 valence electrons.